The highest BCUT2D eigenvalue weighted by molar-refractivity contribution is 7.71. The van der Waals surface area contributed by atoms with Gasteiger partial charge in [-0.3, -0.25) is 19.1 Å². The van der Waals surface area contributed by atoms with Gasteiger partial charge >= 0.3 is 0 Å². The number of rotatable bonds is 6. The fourth-order valence-electron chi connectivity index (χ4n) is 3.32. The number of hydrogen-bond acceptors (Lipinski definition) is 5. The summed E-state index contributed by atoms with van der Waals surface area (Å²) in [6.07, 6.45) is 2.88. The minimum absolute atomic E-state index is 0.0718. The second-order valence-electron chi connectivity index (χ2n) is 6.99. The fourth-order valence-corrected chi connectivity index (χ4v) is 3.68. The molecule has 29 heavy (non-hydrogen) atoms. The van der Waals surface area contributed by atoms with E-state index < -0.39 is 5.56 Å². The Bertz CT molecular complexity index is 1220. The lowest BCUT2D eigenvalue weighted by molar-refractivity contribution is -0.118. The first kappa shape index (κ1) is 20.7. The topological polar surface area (TPSA) is 99.5 Å². The molecule has 2 aromatic rings. The zero-order chi connectivity index (χ0) is 21.1. The van der Waals surface area contributed by atoms with Crippen LogP contribution in [0.4, 0.5) is 0 Å². The van der Waals surface area contributed by atoms with Crippen molar-refractivity contribution in [1.82, 2.24) is 14.9 Å². The van der Waals surface area contributed by atoms with Gasteiger partial charge in [-0.1, -0.05) is 25.1 Å². The third-order valence-electron chi connectivity index (χ3n) is 4.99. The molecule has 152 valence electrons. The first-order valence-electron chi connectivity index (χ1n) is 9.54. The van der Waals surface area contributed by atoms with Crippen molar-refractivity contribution in [2.45, 2.75) is 39.7 Å². The summed E-state index contributed by atoms with van der Waals surface area (Å²) in [5.74, 6) is -0.281. The number of carbonyl (C=O) groups excluding carboxylic acids is 1. The van der Waals surface area contributed by atoms with Crippen LogP contribution in [0.5, 0.6) is 5.88 Å². The van der Waals surface area contributed by atoms with Crippen LogP contribution in [0.25, 0.3) is 11.6 Å². The first-order valence-corrected chi connectivity index (χ1v) is 9.95. The number of aromatic nitrogens is 2. The number of H-pyrrole nitrogens is 1. The molecule has 1 unspecified atom stereocenters. The summed E-state index contributed by atoms with van der Waals surface area (Å²) in [7, 11) is 0. The quantitative estimate of drug-likeness (QED) is 0.632. The normalized spacial score (nSPS) is 15.1. The lowest BCUT2D eigenvalue weighted by atomic mass is 10.1. The van der Waals surface area contributed by atoms with E-state index in [-0.39, 0.29) is 28.2 Å². The van der Waals surface area contributed by atoms with Crippen LogP contribution in [-0.4, -0.2) is 27.1 Å². The standard InChI is InChI=1S/C21H24N4O3S/c1-4-12(2)25-20(28)16(19(27)24-21(25)29)11-18-15(9-10-22-13(3)26)14-7-5-6-8-17(14)23-18/h5-8,11-12,28H,4,9-10H2,1-3H3,(H,22,26)(H,24,27,29). The molecular formula is C21H24N4O3S. The van der Waals surface area contributed by atoms with Crippen LogP contribution < -0.4 is 21.5 Å². The van der Waals surface area contributed by atoms with E-state index in [0.29, 0.717) is 18.7 Å². The molecular weight excluding hydrogens is 388 g/mol. The predicted octanol–water partition coefficient (Wildman–Crippen LogP) is 1.93. The van der Waals surface area contributed by atoms with Gasteiger partial charge in [-0.25, -0.2) is 4.99 Å². The van der Waals surface area contributed by atoms with Gasteiger partial charge in [0.2, 0.25) is 11.8 Å². The Morgan fingerprint density at radius 1 is 1.41 bits per heavy atom. The second-order valence-corrected chi connectivity index (χ2v) is 7.38. The van der Waals surface area contributed by atoms with Gasteiger partial charge in [0.15, 0.2) is 4.77 Å². The first-order chi connectivity index (χ1) is 13.8. The number of aromatic hydroxyl groups is 1. The monoisotopic (exact) mass is 412 g/mol. The summed E-state index contributed by atoms with van der Waals surface area (Å²) in [6, 6.07) is 7.59. The molecule has 2 heterocycles. The summed E-state index contributed by atoms with van der Waals surface area (Å²) in [4.78, 5) is 31.1. The average Bonchev–Trinajstić information content (AvgIpc) is 3.02. The van der Waals surface area contributed by atoms with E-state index in [1.165, 1.54) is 6.92 Å². The molecule has 8 heteroatoms. The minimum Gasteiger partial charge on any atom is -0.494 e. The van der Waals surface area contributed by atoms with Gasteiger partial charge in [0.05, 0.1) is 11.1 Å². The van der Waals surface area contributed by atoms with E-state index >= 15 is 0 Å². The van der Waals surface area contributed by atoms with Gasteiger partial charge in [0.1, 0.15) is 5.56 Å². The molecule has 1 amide bonds. The maximum Gasteiger partial charge on any atom is 0.262 e. The van der Waals surface area contributed by atoms with E-state index in [4.69, 9.17) is 12.2 Å². The van der Waals surface area contributed by atoms with Crippen LogP contribution in [0.3, 0.4) is 0 Å². The highest BCUT2D eigenvalue weighted by Crippen LogP contribution is 2.26. The van der Waals surface area contributed by atoms with Crippen molar-refractivity contribution in [2.24, 2.45) is 4.99 Å². The molecule has 0 bridgehead atoms. The molecule has 1 atom stereocenters. The molecule has 7 nitrogen and oxygen atoms in total. The number of fused-ring (bicyclic) bond motifs is 1. The molecule has 0 fully saturated rings. The lowest BCUT2D eigenvalue weighted by Gasteiger charge is -2.17. The summed E-state index contributed by atoms with van der Waals surface area (Å²) in [6.45, 7) is 5.82. The Morgan fingerprint density at radius 3 is 2.83 bits per heavy atom. The van der Waals surface area contributed by atoms with Gasteiger partial charge in [-0.05, 0) is 49.7 Å². The zero-order valence-corrected chi connectivity index (χ0v) is 17.5. The molecule has 3 rings (SSSR count). The van der Waals surface area contributed by atoms with E-state index in [0.717, 1.165) is 22.6 Å². The molecule has 0 aliphatic carbocycles. The average molecular weight is 413 g/mol. The highest BCUT2D eigenvalue weighted by Gasteiger charge is 2.18. The molecule has 1 aromatic heterocycles. The number of nitrogens with one attached hydrogen (secondary N) is 2. The van der Waals surface area contributed by atoms with Crippen LogP contribution in [0.15, 0.2) is 39.7 Å². The third-order valence-corrected chi connectivity index (χ3v) is 5.29. The summed E-state index contributed by atoms with van der Waals surface area (Å²) < 4.78 is 1.73. The van der Waals surface area contributed by atoms with Crippen molar-refractivity contribution in [3.8, 4) is 5.88 Å². The SMILES string of the molecule is CCC(C)n1c(O)c(C=C2N=c3ccccc3=C2CCNC(C)=O)c(=O)[nH]c1=S. The van der Waals surface area contributed by atoms with Crippen LogP contribution in [-0.2, 0) is 4.79 Å². The number of allylic oxidation sites excluding steroid dienone is 1. The zero-order valence-electron chi connectivity index (χ0n) is 16.7. The minimum atomic E-state index is -0.466. The summed E-state index contributed by atoms with van der Waals surface area (Å²) in [5.41, 5.74) is 1.14. The number of para-hydroxylation sites is 1. The van der Waals surface area contributed by atoms with E-state index in [9.17, 15) is 14.7 Å². The largest absolute Gasteiger partial charge is 0.494 e. The number of benzene rings is 1. The maximum atomic E-state index is 12.5. The third kappa shape index (κ3) is 4.22. The summed E-state index contributed by atoms with van der Waals surface area (Å²) >= 11 is 5.23. The van der Waals surface area contributed by atoms with Gasteiger partial charge in [0.25, 0.3) is 5.56 Å². The smallest absolute Gasteiger partial charge is 0.262 e. The van der Waals surface area contributed by atoms with Gasteiger partial charge in [0, 0.05) is 24.7 Å². The van der Waals surface area contributed by atoms with Crippen molar-refractivity contribution < 1.29 is 9.90 Å². The van der Waals surface area contributed by atoms with E-state index in [2.05, 4.69) is 15.3 Å². The van der Waals surface area contributed by atoms with Crippen LogP contribution in [0.2, 0.25) is 0 Å². The van der Waals surface area contributed by atoms with Crippen molar-refractivity contribution >= 4 is 29.8 Å². The number of hydrogen-bond donors (Lipinski definition) is 3. The molecule has 3 N–H and O–H groups in total. The molecule has 1 aliphatic heterocycles. The molecule has 1 aliphatic rings. The van der Waals surface area contributed by atoms with Crippen LogP contribution in [0.1, 0.15) is 45.2 Å². The van der Waals surface area contributed by atoms with Gasteiger partial charge in [-0.2, -0.15) is 0 Å². The van der Waals surface area contributed by atoms with Crippen molar-refractivity contribution in [2.75, 3.05) is 6.54 Å². The number of carbonyl (C=O) groups is 1. The Kier molecular flexibility index (Phi) is 6.12. The Hall–Kier alpha value is -3.00. The van der Waals surface area contributed by atoms with Crippen LogP contribution >= 0.6 is 12.2 Å². The molecule has 0 saturated heterocycles. The number of nitrogens with zero attached hydrogens (tertiary/aromatic N) is 2. The Morgan fingerprint density at radius 2 is 2.14 bits per heavy atom. The van der Waals surface area contributed by atoms with Crippen molar-refractivity contribution in [3.63, 3.8) is 0 Å². The molecule has 1 aromatic carbocycles. The predicted molar refractivity (Wildman–Crippen MR) is 114 cm³/mol. The second kappa shape index (κ2) is 8.57. The maximum absolute atomic E-state index is 12.5. The highest BCUT2D eigenvalue weighted by atomic mass is 32.1. The van der Waals surface area contributed by atoms with Gasteiger partial charge < -0.3 is 10.4 Å². The lowest BCUT2D eigenvalue weighted by Crippen LogP contribution is -2.25. The molecule has 0 radical (unpaired) electrons. The number of amides is 1. The van der Waals surface area contributed by atoms with Gasteiger partial charge in [-0.15, -0.1) is 0 Å². The van der Waals surface area contributed by atoms with Crippen molar-refractivity contribution in [3.05, 3.63) is 61.2 Å². The summed E-state index contributed by atoms with van der Waals surface area (Å²) in [5, 5.41) is 15.3. The van der Waals surface area contributed by atoms with E-state index in [1.54, 1.807) is 10.6 Å². The Balaban J connectivity index is 2.15. The van der Waals surface area contributed by atoms with E-state index in [1.807, 2.05) is 38.1 Å². The van der Waals surface area contributed by atoms with Crippen molar-refractivity contribution in [1.29, 1.82) is 0 Å². The number of aromatic amines is 1. The molecule has 0 saturated carbocycles. The molecule has 0 spiro atoms. The Labute approximate surface area is 173 Å². The van der Waals surface area contributed by atoms with Crippen LogP contribution in [0, 0.1) is 4.77 Å². The fraction of sp³-hybridized carbons (Fsp3) is 0.333.